The Balaban J connectivity index is 1.76. The minimum absolute atomic E-state index is 0.119. The number of nitrogens with two attached hydrogens (primary N) is 2. The van der Waals surface area contributed by atoms with Crippen LogP contribution in [0.5, 0.6) is 11.5 Å². The first-order chi connectivity index (χ1) is 15.3. The Morgan fingerprint density at radius 1 is 1.19 bits per heavy atom. The maximum Gasteiger partial charge on any atom is 0.254 e. The number of hydrogen-bond donors (Lipinski definition) is 4. The van der Waals surface area contributed by atoms with Gasteiger partial charge in [0.1, 0.15) is 21.8 Å². The predicted octanol–water partition coefficient (Wildman–Crippen LogP) is 3.20. The lowest BCUT2D eigenvalue weighted by molar-refractivity contribution is 0.0850. The van der Waals surface area contributed by atoms with Crippen LogP contribution in [0.1, 0.15) is 28.4 Å². The zero-order chi connectivity index (χ0) is 23.3. The molecule has 0 saturated heterocycles. The van der Waals surface area contributed by atoms with Crippen LogP contribution in [-0.4, -0.2) is 36.3 Å². The summed E-state index contributed by atoms with van der Waals surface area (Å²) in [5.41, 5.74) is 14.6. The van der Waals surface area contributed by atoms with E-state index in [9.17, 15) is 4.79 Å². The molecule has 3 rings (SSSR count). The van der Waals surface area contributed by atoms with Crippen molar-refractivity contribution in [2.24, 2.45) is 0 Å². The van der Waals surface area contributed by atoms with E-state index in [2.05, 4.69) is 36.5 Å². The van der Waals surface area contributed by atoms with Crippen LogP contribution in [-0.2, 0) is 6.42 Å². The third-order valence-corrected chi connectivity index (χ3v) is 5.45. The topological polar surface area (TPSA) is 137 Å². The highest BCUT2D eigenvalue weighted by atomic mass is 79.9. The van der Waals surface area contributed by atoms with Gasteiger partial charge >= 0.3 is 0 Å². The first kappa shape index (κ1) is 23.1. The number of aromatic nitrogens is 2. The second-order valence-corrected chi connectivity index (χ2v) is 7.78. The Morgan fingerprint density at radius 3 is 2.50 bits per heavy atom. The monoisotopic (exact) mass is 500 g/mol. The standard InChI is InChI=1S/C22H25BrN6O3/c1-12(28-21(30)14-4-6-16(26-2)7-5-14)32-18-10-13(9-17(31-3)19(18)23)8-15-11-27-22(25)29-20(15)24/h4-7,9-12,26H,8H2,1-3H3,(H,28,30)(H4,24,25,27,29). The van der Waals surface area contributed by atoms with Crippen molar-refractivity contribution in [1.29, 1.82) is 0 Å². The molecule has 0 aliphatic heterocycles. The quantitative estimate of drug-likeness (QED) is 0.346. The fourth-order valence-corrected chi connectivity index (χ4v) is 3.51. The van der Waals surface area contributed by atoms with Gasteiger partial charge in [-0.2, -0.15) is 4.98 Å². The summed E-state index contributed by atoms with van der Waals surface area (Å²) in [6, 6.07) is 10.8. The lowest BCUT2D eigenvalue weighted by atomic mass is 10.1. The van der Waals surface area contributed by atoms with Crippen LogP contribution in [0.25, 0.3) is 0 Å². The lowest BCUT2D eigenvalue weighted by Crippen LogP contribution is -2.36. The molecule has 32 heavy (non-hydrogen) atoms. The second kappa shape index (κ2) is 10.2. The summed E-state index contributed by atoms with van der Waals surface area (Å²) >= 11 is 3.51. The molecule has 10 heteroatoms. The third kappa shape index (κ3) is 5.58. The number of benzene rings is 2. The van der Waals surface area contributed by atoms with Crippen molar-refractivity contribution < 1.29 is 14.3 Å². The van der Waals surface area contributed by atoms with E-state index in [1.807, 2.05) is 31.3 Å². The molecule has 1 aromatic heterocycles. The van der Waals surface area contributed by atoms with E-state index in [-0.39, 0.29) is 11.9 Å². The highest BCUT2D eigenvalue weighted by Gasteiger charge is 2.17. The number of methoxy groups -OCH3 is 1. The van der Waals surface area contributed by atoms with Crippen LogP contribution in [0.15, 0.2) is 47.1 Å². The van der Waals surface area contributed by atoms with E-state index in [1.54, 1.807) is 32.4 Å². The Morgan fingerprint density at radius 2 is 1.88 bits per heavy atom. The maximum absolute atomic E-state index is 12.5. The number of nitrogens with one attached hydrogen (secondary N) is 2. The molecule has 1 amide bonds. The van der Waals surface area contributed by atoms with Crippen molar-refractivity contribution in [3.05, 3.63) is 63.8 Å². The van der Waals surface area contributed by atoms with Gasteiger partial charge in [0, 0.05) is 36.5 Å². The van der Waals surface area contributed by atoms with Crippen LogP contribution < -0.4 is 31.6 Å². The van der Waals surface area contributed by atoms with E-state index in [0.717, 1.165) is 16.8 Å². The van der Waals surface area contributed by atoms with E-state index in [4.69, 9.17) is 20.9 Å². The third-order valence-electron chi connectivity index (χ3n) is 4.67. The number of carbonyl (C=O) groups excluding carboxylic acids is 1. The highest BCUT2D eigenvalue weighted by molar-refractivity contribution is 9.10. The lowest BCUT2D eigenvalue weighted by Gasteiger charge is -2.19. The Hall–Kier alpha value is -3.53. The van der Waals surface area contributed by atoms with Crippen LogP contribution in [0.2, 0.25) is 0 Å². The molecule has 1 heterocycles. The molecular formula is C22H25BrN6O3. The van der Waals surface area contributed by atoms with Crippen LogP contribution in [0.4, 0.5) is 17.5 Å². The Kier molecular flexibility index (Phi) is 7.37. The zero-order valence-electron chi connectivity index (χ0n) is 18.0. The molecule has 0 bridgehead atoms. The van der Waals surface area contributed by atoms with Gasteiger partial charge in [-0.25, -0.2) is 4.98 Å². The number of nitrogen functional groups attached to an aromatic ring is 2. The summed E-state index contributed by atoms with van der Waals surface area (Å²) in [6.45, 7) is 1.75. The molecule has 0 saturated carbocycles. The molecule has 9 nitrogen and oxygen atoms in total. The summed E-state index contributed by atoms with van der Waals surface area (Å²) < 4.78 is 12.1. The first-order valence-corrected chi connectivity index (χ1v) is 10.6. The summed E-state index contributed by atoms with van der Waals surface area (Å²) in [6.07, 6.45) is 1.44. The molecule has 0 aliphatic carbocycles. The highest BCUT2D eigenvalue weighted by Crippen LogP contribution is 2.37. The van der Waals surface area contributed by atoms with Gasteiger partial charge < -0.3 is 31.6 Å². The molecule has 0 fully saturated rings. The molecule has 1 unspecified atom stereocenters. The van der Waals surface area contributed by atoms with Gasteiger partial charge in [-0.05, 0) is 64.8 Å². The molecule has 0 aliphatic rings. The summed E-state index contributed by atoms with van der Waals surface area (Å²) in [5, 5.41) is 5.85. The van der Waals surface area contributed by atoms with Crippen LogP contribution in [0, 0.1) is 0 Å². The predicted molar refractivity (Wildman–Crippen MR) is 128 cm³/mol. The van der Waals surface area contributed by atoms with E-state index < -0.39 is 6.23 Å². The van der Waals surface area contributed by atoms with Gasteiger partial charge in [0.25, 0.3) is 5.91 Å². The van der Waals surface area contributed by atoms with Gasteiger partial charge in [-0.3, -0.25) is 4.79 Å². The van der Waals surface area contributed by atoms with Crippen molar-refractivity contribution >= 4 is 39.3 Å². The Labute approximate surface area is 194 Å². The van der Waals surface area contributed by atoms with Crippen molar-refractivity contribution in [2.45, 2.75) is 19.6 Å². The van der Waals surface area contributed by atoms with Crippen molar-refractivity contribution in [1.82, 2.24) is 15.3 Å². The van der Waals surface area contributed by atoms with Gasteiger partial charge in [-0.15, -0.1) is 0 Å². The van der Waals surface area contributed by atoms with Gasteiger partial charge in [0.2, 0.25) is 5.95 Å². The average molecular weight is 501 g/mol. The van der Waals surface area contributed by atoms with Crippen molar-refractivity contribution in [3.8, 4) is 11.5 Å². The van der Waals surface area contributed by atoms with E-state index in [1.165, 1.54) is 0 Å². The number of nitrogens with zero attached hydrogens (tertiary/aromatic N) is 2. The number of anilines is 3. The zero-order valence-corrected chi connectivity index (χ0v) is 19.6. The van der Waals surface area contributed by atoms with Crippen molar-refractivity contribution in [3.63, 3.8) is 0 Å². The van der Waals surface area contributed by atoms with E-state index in [0.29, 0.717) is 33.8 Å². The van der Waals surface area contributed by atoms with Gasteiger partial charge in [0.15, 0.2) is 6.23 Å². The smallest absolute Gasteiger partial charge is 0.254 e. The average Bonchev–Trinajstić information content (AvgIpc) is 2.77. The SMILES string of the molecule is CNc1ccc(C(=O)NC(C)Oc2cc(Cc3cnc(N)nc3N)cc(OC)c2Br)cc1. The minimum atomic E-state index is -0.604. The van der Waals surface area contributed by atoms with Gasteiger partial charge in [0.05, 0.1) is 7.11 Å². The second-order valence-electron chi connectivity index (χ2n) is 6.99. The molecule has 3 aromatic rings. The number of halogens is 1. The fraction of sp³-hybridized carbons (Fsp3) is 0.227. The maximum atomic E-state index is 12.5. The molecular weight excluding hydrogens is 476 g/mol. The largest absolute Gasteiger partial charge is 0.495 e. The van der Waals surface area contributed by atoms with Crippen LogP contribution >= 0.6 is 15.9 Å². The summed E-state index contributed by atoms with van der Waals surface area (Å²) in [4.78, 5) is 20.5. The Bertz CT molecular complexity index is 1110. The fourth-order valence-electron chi connectivity index (χ4n) is 3.03. The number of amides is 1. The molecule has 168 valence electrons. The number of hydrogen-bond acceptors (Lipinski definition) is 8. The van der Waals surface area contributed by atoms with Gasteiger partial charge in [-0.1, -0.05) is 0 Å². The van der Waals surface area contributed by atoms with Crippen molar-refractivity contribution in [2.75, 3.05) is 30.9 Å². The van der Waals surface area contributed by atoms with Crippen LogP contribution in [0.3, 0.4) is 0 Å². The van der Waals surface area contributed by atoms with E-state index >= 15 is 0 Å². The molecule has 1 atom stereocenters. The molecule has 6 N–H and O–H groups in total. The molecule has 0 spiro atoms. The summed E-state index contributed by atoms with van der Waals surface area (Å²) in [5.74, 6) is 1.27. The number of ether oxygens (including phenoxy) is 2. The minimum Gasteiger partial charge on any atom is -0.495 e. The number of rotatable bonds is 8. The normalized spacial score (nSPS) is 11.5. The molecule has 0 radical (unpaired) electrons. The first-order valence-electron chi connectivity index (χ1n) is 9.79. The number of carbonyl (C=O) groups is 1. The summed E-state index contributed by atoms with van der Waals surface area (Å²) in [7, 11) is 3.38. The molecule has 2 aromatic carbocycles.